The highest BCUT2D eigenvalue weighted by atomic mass is 15.1. The van der Waals surface area contributed by atoms with Gasteiger partial charge in [0.2, 0.25) is 0 Å². The van der Waals surface area contributed by atoms with Crippen molar-refractivity contribution in [3.05, 3.63) is 36.1 Å². The molecule has 0 aliphatic rings. The summed E-state index contributed by atoms with van der Waals surface area (Å²) in [6.07, 6.45) is 10.4. The van der Waals surface area contributed by atoms with Crippen LogP contribution in [0.3, 0.4) is 0 Å². The summed E-state index contributed by atoms with van der Waals surface area (Å²) in [6.45, 7) is 7.31. The highest BCUT2D eigenvalue weighted by molar-refractivity contribution is 5.19. The Morgan fingerprint density at radius 3 is 2.50 bits per heavy atom. The van der Waals surface area contributed by atoms with Crippen molar-refractivity contribution >= 4 is 0 Å². The predicted molar refractivity (Wildman–Crippen MR) is 56.0 cm³/mol. The van der Waals surface area contributed by atoms with Gasteiger partial charge in [0.15, 0.2) is 0 Å². The molecule has 0 unspecified atom stereocenters. The van der Waals surface area contributed by atoms with Crippen LogP contribution in [-0.4, -0.2) is 18.5 Å². The van der Waals surface area contributed by atoms with Crippen molar-refractivity contribution in [1.82, 2.24) is 4.90 Å². The molecule has 0 saturated heterocycles. The van der Waals surface area contributed by atoms with E-state index in [4.69, 9.17) is 0 Å². The number of rotatable bonds is 4. The Bertz CT molecular complexity index is 187. The minimum absolute atomic E-state index is 1.05. The molecule has 1 nitrogen and oxygen atoms in total. The second-order valence-electron chi connectivity index (χ2n) is 2.81. The summed E-state index contributed by atoms with van der Waals surface area (Å²) in [4.78, 5) is 2.13. The van der Waals surface area contributed by atoms with Gasteiger partial charge in [0.25, 0.3) is 0 Å². The Labute approximate surface area is 76.1 Å². The zero-order valence-corrected chi connectivity index (χ0v) is 8.54. The Morgan fingerprint density at radius 2 is 2.00 bits per heavy atom. The van der Waals surface area contributed by atoms with Gasteiger partial charge in [-0.15, -0.1) is 0 Å². The molecule has 0 aromatic heterocycles. The predicted octanol–water partition coefficient (Wildman–Crippen LogP) is 2.97. The fourth-order valence-corrected chi connectivity index (χ4v) is 0.606. The van der Waals surface area contributed by atoms with E-state index in [1.165, 1.54) is 5.57 Å². The van der Waals surface area contributed by atoms with E-state index in [1.54, 1.807) is 0 Å². The van der Waals surface area contributed by atoms with E-state index in [1.807, 2.05) is 6.92 Å². The molecular formula is C11H19N. The van der Waals surface area contributed by atoms with Crippen LogP contribution in [0.25, 0.3) is 0 Å². The molecule has 68 valence electrons. The van der Waals surface area contributed by atoms with Gasteiger partial charge in [0, 0.05) is 13.6 Å². The molecule has 0 heterocycles. The molecule has 0 spiro atoms. The quantitative estimate of drug-likeness (QED) is 0.579. The van der Waals surface area contributed by atoms with Crippen molar-refractivity contribution in [2.75, 3.05) is 13.6 Å². The highest BCUT2D eigenvalue weighted by Gasteiger charge is 1.79. The zero-order chi connectivity index (χ0) is 9.40. The summed E-state index contributed by atoms with van der Waals surface area (Å²) < 4.78 is 0. The van der Waals surface area contributed by atoms with Crippen LogP contribution in [0.4, 0.5) is 0 Å². The molecule has 0 atom stereocenters. The topological polar surface area (TPSA) is 3.24 Å². The third-order valence-electron chi connectivity index (χ3n) is 1.76. The monoisotopic (exact) mass is 165 g/mol. The Kier molecular flexibility index (Phi) is 6.16. The minimum Gasteiger partial charge on any atom is -0.381 e. The summed E-state index contributed by atoms with van der Waals surface area (Å²) >= 11 is 0. The average molecular weight is 165 g/mol. The van der Waals surface area contributed by atoms with E-state index in [-0.39, 0.29) is 0 Å². The van der Waals surface area contributed by atoms with Crippen LogP contribution in [0.5, 0.6) is 0 Å². The fraction of sp³-hybridized carbons (Fsp3) is 0.455. The third-order valence-corrected chi connectivity index (χ3v) is 1.76. The summed E-state index contributed by atoms with van der Waals surface area (Å²) in [5, 5.41) is 0. The first-order valence-corrected chi connectivity index (χ1v) is 4.38. The summed E-state index contributed by atoms with van der Waals surface area (Å²) in [6, 6.07) is 0. The first kappa shape index (κ1) is 11.0. The van der Waals surface area contributed by atoms with Crippen LogP contribution in [0.15, 0.2) is 36.1 Å². The number of hydrogen-bond donors (Lipinski definition) is 0. The Balaban J connectivity index is 3.81. The second-order valence-corrected chi connectivity index (χ2v) is 2.81. The van der Waals surface area contributed by atoms with Crippen LogP contribution < -0.4 is 0 Å². The maximum atomic E-state index is 2.13. The van der Waals surface area contributed by atoms with Gasteiger partial charge in [-0.3, -0.25) is 0 Å². The van der Waals surface area contributed by atoms with Gasteiger partial charge in [-0.25, -0.2) is 0 Å². The lowest BCUT2D eigenvalue weighted by molar-refractivity contribution is 0.484. The standard InChI is InChI=1S/C11H19N/c1-5-11(3)9-7-8-10-12(4)6-2/h5,7-10H,6H2,1-4H3/b9-7-,10-8+,11-5-. The molecule has 1 heteroatoms. The van der Waals surface area contributed by atoms with Crippen LogP contribution in [0.2, 0.25) is 0 Å². The Hall–Kier alpha value is -0.980. The maximum Gasteiger partial charge on any atom is 0.0140 e. The number of nitrogens with zero attached hydrogens (tertiary/aromatic N) is 1. The van der Waals surface area contributed by atoms with Crippen LogP contribution in [-0.2, 0) is 0 Å². The van der Waals surface area contributed by atoms with E-state index in [2.05, 4.69) is 56.3 Å². The van der Waals surface area contributed by atoms with Gasteiger partial charge in [-0.05, 0) is 33.0 Å². The lowest BCUT2D eigenvalue weighted by atomic mass is 10.2. The van der Waals surface area contributed by atoms with Crippen molar-refractivity contribution < 1.29 is 0 Å². The second kappa shape index (κ2) is 6.71. The molecule has 0 N–H and O–H groups in total. The molecule has 0 aromatic rings. The molecule has 0 aliphatic carbocycles. The first-order chi connectivity index (χ1) is 5.70. The van der Waals surface area contributed by atoms with E-state index >= 15 is 0 Å². The molecule has 0 aliphatic heterocycles. The number of hydrogen-bond acceptors (Lipinski definition) is 1. The van der Waals surface area contributed by atoms with Gasteiger partial charge in [-0.1, -0.05) is 23.8 Å². The molecule has 0 rings (SSSR count). The van der Waals surface area contributed by atoms with Crippen molar-refractivity contribution in [1.29, 1.82) is 0 Å². The Morgan fingerprint density at radius 1 is 1.33 bits per heavy atom. The van der Waals surface area contributed by atoms with E-state index in [0.29, 0.717) is 0 Å². The van der Waals surface area contributed by atoms with E-state index in [0.717, 1.165) is 6.54 Å². The summed E-state index contributed by atoms with van der Waals surface area (Å²) in [7, 11) is 2.06. The van der Waals surface area contributed by atoms with Gasteiger partial charge < -0.3 is 4.90 Å². The van der Waals surface area contributed by atoms with Crippen LogP contribution in [0, 0.1) is 0 Å². The first-order valence-electron chi connectivity index (χ1n) is 4.38. The average Bonchev–Trinajstić information content (AvgIpc) is 2.11. The minimum atomic E-state index is 1.05. The highest BCUT2D eigenvalue weighted by Crippen LogP contribution is 1.94. The van der Waals surface area contributed by atoms with Gasteiger partial charge in [-0.2, -0.15) is 0 Å². The van der Waals surface area contributed by atoms with Gasteiger partial charge in [0.1, 0.15) is 0 Å². The summed E-state index contributed by atoms with van der Waals surface area (Å²) in [5.74, 6) is 0. The fourth-order valence-electron chi connectivity index (χ4n) is 0.606. The van der Waals surface area contributed by atoms with E-state index < -0.39 is 0 Å². The molecule has 0 bridgehead atoms. The van der Waals surface area contributed by atoms with Crippen LogP contribution >= 0.6 is 0 Å². The molecule has 0 amide bonds. The lowest BCUT2D eigenvalue weighted by Crippen LogP contribution is -2.07. The smallest absolute Gasteiger partial charge is 0.0140 e. The normalized spacial score (nSPS) is 13.2. The van der Waals surface area contributed by atoms with Crippen LogP contribution in [0.1, 0.15) is 20.8 Å². The van der Waals surface area contributed by atoms with Crippen molar-refractivity contribution in [2.24, 2.45) is 0 Å². The maximum absolute atomic E-state index is 2.13. The molecule has 12 heavy (non-hydrogen) atoms. The molecule has 0 radical (unpaired) electrons. The zero-order valence-electron chi connectivity index (χ0n) is 8.54. The van der Waals surface area contributed by atoms with Crippen molar-refractivity contribution in [3.63, 3.8) is 0 Å². The van der Waals surface area contributed by atoms with Crippen molar-refractivity contribution in [3.8, 4) is 0 Å². The number of allylic oxidation sites excluding steroid dienone is 5. The van der Waals surface area contributed by atoms with Crippen molar-refractivity contribution in [2.45, 2.75) is 20.8 Å². The SMILES string of the molecule is C\C=C(C)/C=C\C=C\N(C)CC. The molecule has 0 aromatic carbocycles. The molecular weight excluding hydrogens is 146 g/mol. The van der Waals surface area contributed by atoms with Gasteiger partial charge >= 0.3 is 0 Å². The molecule has 0 saturated carbocycles. The van der Waals surface area contributed by atoms with Gasteiger partial charge in [0.05, 0.1) is 0 Å². The molecule has 0 fully saturated rings. The lowest BCUT2D eigenvalue weighted by Gasteiger charge is -2.07. The third kappa shape index (κ3) is 5.78. The summed E-state index contributed by atoms with van der Waals surface area (Å²) in [5.41, 5.74) is 1.29. The van der Waals surface area contributed by atoms with E-state index in [9.17, 15) is 0 Å². The largest absolute Gasteiger partial charge is 0.381 e.